The Morgan fingerprint density at radius 3 is 2.76 bits per heavy atom. The standard InChI is InChI=1S/C18H31N3/c1-5-8-15-9-7-10-16(13-15)18(19-6-2)17-14-20(3)11-12-21(17)4/h7,9-10,13,17-19H,5-6,8,11-12,14H2,1-4H3. The van der Waals surface area contributed by atoms with Crippen LogP contribution < -0.4 is 5.32 Å². The van der Waals surface area contributed by atoms with Crippen LogP contribution in [0.3, 0.4) is 0 Å². The average Bonchev–Trinajstić information content (AvgIpc) is 2.48. The number of nitrogens with zero attached hydrogens (tertiary/aromatic N) is 2. The molecule has 1 heterocycles. The maximum absolute atomic E-state index is 3.72. The summed E-state index contributed by atoms with van der Waals surface area (Å²) >= 11 is 0. The third kappa shape index (κ3) is 4.29. The number of hydrogen-bond donors (Lipinski definition) is 1. The van der Waals surface area contributed by atoms with Crippen LogP contribution in [0, 0.1) is 0 Å². The van der Waals surface area contributed by atoms with Crippen molar-refractivity contribution in [2.75, 3.05) is 40.3 Å². The molecule has 21 heavy (non-hydrogen) atoms. The summed E-state index contributed by atoms with van der Waals surface area (Å²) in [4.78, 5) is 4.96. The van der Waals surface area contributed by atoms with Crippen LogP contribution >= 0.6 is 0 Å². The first-order valence-corrected chi connectivity index (χ1v) is 8.36. The van der Waals surface area contributed by atoms with Crippen molar-refractivity contribution in [3.63, 3.8) is 0 Å². The second kappa shape index (κ2) is 7.92. The zero-order valence-corrected chi connectivity index (χ0v) is 14.1. The Morgan fingerprint density at radius 2 is 2.05 bits per heavy atom. The van der Waals surface area contributed by atoms with E-state index < -0.39 is 0 Å². The van der Waals surface area contributed by atoms with Gasteiger partial charge in [0.05, 0.1) is 0 Å². The number of aryl methyl sites for hydroxylation is 1. The largest absolute Gasteiger partial charge is 0.309 e. The smallest absolute Gasteiger partial charge is 0.0490 e. The minimum atomic E-state index is 0.416. The number of rotatable bonds is 6. The molecule has 0 aliphatic carbocycles. The molecule has 1 aliphatic heterocycles. The summed E-state index contributed by atoms with van der Waals surface area (Å²) in [6, 6.07) is 10.1. The molecule has 1 saturated heterocycles. The monoisotopic (exact) mass is 289 g/mol. The van der Waals surface area contributed by atoms with E-state index in [0.29, 0.717) is 12.1 Å². The number of likely N-dealkylation sites (N-methyl/N-ethyl adjacent to an activating group) is 3. The number of piperazine rings is 1. The van der Waals surface area contributed by atoms with Crippen LogP contribution in [-0.2, 0) is 6.42 Å². The quantitative estimate of drug-likeness (QED) is 0.868. The molecule has 3 heteroatoms. The van der Waals surface area contributed by atoms with Crippen LogP contribution in [0.1, 0.15) is 37.4 Å². The number of benzene rings is 1. The summed E-state index contributed by atoms with van der Waals surface area (Å²) in [5, 5.41) is 3.72. The van der Waals surface area contributed by atoms with E-state index in [-0.39, 0.29) is 0 Å². The van der Waals surface area contributed by atoms with Crippen molar-refractivity contribution in [1.82, 2.24) is 15.1 Å². The van der Waals surface area contributed by atoms with Crippen molar-refractivity contribution < 1.29 is 0 Å². The van der Waals surface area contributed by atoms with Crippen molar-refractivity contribution in [3.05, 3.63) is 35.4 Å². The maximum Gasteiger partial charge on any atom is 0.0490 e. The maximum atomic E-state index is 3.72. The molecule has 2 unspecified atom stereocenters. The SMILES string of the molecule is CCCc1cccc(C(NCC)C2CN(C)CCN2C)c1. The first kappa shape index (κ1) is 16.5. The average molecular weight is 289 g/mol. The van der Waals surface area contributed by atoms with Crippen LogP contribution in [0.2, 0.25) is 0 Å². The van der Waals surface area contributed by atoms with E-state index in [1.165, 1.54) is 30.5 Å². The Labute approximate surface area is 130 Å². The van der Waals surface area contributed by atoms with Crippen LogP contribution in [0.5, 0.6) is 0 Å². The second-order valence-electron chi connectivity index (χ2n) is 6.34. The molecule has 1 N–H and O–H groups in total. The molecule has 2 rings (SSSR count). The van der Waals surface area contributed by atoms with Gasteiger partial charge in [-0.1, -0.05) is 44.5 Å². The molecular formula is C18H31N3. The molecule has 0 aromatic heterocycles. The Bertz CT molecular complexity index is 432. The van der Waals surface area contributed by atoms with E-state index in [4.69, 9.17) is 0 Å². The van der Waals surface area contributed by atoms with Gasteiger partial charge >= 0.3 is 0 Å². The van der Waals surface area contributed by atoms with Gasteiger partial charge in [0.15, 0.2) is 0 Å². The fourth-order valence-electron chi connectivity index (χ4n) is 3.33. The Hall–Kier alpha value is -0.900. The third-order valence-electron chi connectivity index (χ3n) is 4.56. The number of nitrogens with one attached hydrogen (secondary N) is 1. The zero-order valence-electron chi connectivity index (χ0n) is 14.1. The molecule has 0 spiro atoms. The van der Waals surface area contributed by atoms with Crippen LogP contribution in [0.4, 0.5) is 0 Å². The molecule has 1 aliphatic rings. The summed E-state index contributed by atoms with van der Waals surface area (Å²) in [6.45, 7) is 8.91. The van der Waals surface area contributed by atoms with E-state index in [9.17, 15) is 0 Å². The highest BCUT2D eigenvalue weighted by Crippen LogP contribution is 2.24. The highest BCUT2D eigenvalue weighted by atomic mass is 15.3. The zero-order chi connectivity index (χ0) is 15.2. The second-order valence-corrected chi connectivity index (χ2v) is 6.34. The minimum Gasteiger partial charge on any atom is -0.309 e. The Morgan fingerprint density at radius 1 is 1.24 bits per heavy atom. The summed E-state index contributed by atoms with van der Waals surface area (Å²) in [7, 11) is 4.49. The predicted molar refractivity (Wildman–Crippen MR) is 90.8 cm³/mol. The lowest BCUT2D eigenvalue weighted by Crippen LogP contribution is -2.55. The molecule has 1 fully saturated rings. The normalized spacial score (nSPS) is 22.4. The van der Waals surface area contributed by atoms with E-state index >= 15 is 0 Å². The van der Waals surface area contributed by atoms with E-state index in [2.05, 4.69) is 67.3 Å². The topological polar surface area (TPSA) is 18.5 Å². The van der Waals surface area contributed by atoms with Crippen LogP contribution in [-0.4, -0.2) is 56.1 Å². The molecule has 0 radical (unpaired) electrons. The van der Waals surface area contributed by atoms with Crippen molar-refractivity contribution in [2.45, 2.75) is 38.8 Å². The summed E-state index contributed by atoms with van der Waals surface area (Å²) < 4.78 is 0. The molecule has 118 valence electrons. The van der Waals surface area contributed by atoms with Gasteiger partial charge in [0.25, 0.3) is 0 Å². The highest BCUT2D eigenvalue weighted by Gasteiger charge is 2.30. The van der Waals surface area contributed by atoms with Gasteiger partial charge in [0.2, 0.25) is 0 Å². The van der Waals surface area contributed by atoms with Gasteiger partial charge in [0, 0.05) is 31.7 Å². The van der Waals surface area contributed by atoms with Crippen LogP contribution in [0.25, 0.3) is 0 Å². The van der Waals surface area contributed by atoms with Crippen molar-refractivity contribution in [3.8, 4) is 0 Å². The Kier molecular flexibility index (Phi) is 6.22. The fourth-order valence-corrected chi connectivity index (χ4v) is 3.33. The minimum absolute atomic E-state index is 0.416. The molecule has 2 atom stereocenters. The lowest BCUT2D eigenvalue weighted by molar-refractivity contribution is 0.0880. The van der Waals surface area contributed by atoms with Gasteiger partial charge in [-0.3, -0.25) is 4.90 Å². The van der Waals surface area contributed by atoms with Gasteiger partial charge < -0.3 is 10.2 Å². The Balaban J connectivity index is 2.22. The summed E-state index contributed by atoms with van der Waals surface area (Å²) in [5.41, 5.74) is 2.90. The van der Waals surface area contributed by atoms with Crippen molar-refractivity contribution in [1.29, 1.82) is 0 Å². The molecule has 3 nitrogen and oxygen atoms in total. The molecule has 0 saturated carbocycles. The first-order chi connectivity index (χ1) is 10.2. The lowest BCUT2D eigenvalue weighted by Gasteiger charge is -2.42. The number of hydrogen-bond acceptors (Lipinski definition) is 3. The van der Waals surface area contributed by atoms with E-state index in [1.54, 1.807) is 0 Å². The molecular weight excluding hydrogens is 258 g/mol. The molecule has 0 amide bonds. The van der Waals surface area contributed by atoms with Gasteiger partial charge in [0.1, 0.15) is 0 Å². The van der Waals surface area contributed by atoms with Crippen molar-refractivity contribution in [2.24, 2.45) is 0 Å². The molecule has 0 bridgehead atoms. The summed E-state index contributed by atoms with van der Waals surface area (Å²) in [6.07, 6.45) is 2.38. The van der Waals surface area contributed by atoms with Crippen molar-refractivity contribution >= 4 is 0 Å². The molecule has 1 aromatic carbocycles. The van der Waals surface area contributed by atoms with Gasteiger partial charge in [-0.05, 0) is 38.2 Å². The van der Waals surface area contributed by atoms with E-state index in [1.807, 2.05) is 0 Å². The summed E-state index contributed by atoms with van der Waals surface area (Å²) in [5.74, 6) is 0. The lowest BCUT2D eigenvalue weighted by atomic mass is 9.94. The predicted octanol–water partition coefficient (Wildman–Crippen LogP) is 2.54. The van der Waals surface area contributed by atoms with Gasteiger partial charge in [-0.15, -0.1) is 0 Å². The van der Waals surface area contributed by atoms with Crippen LogP contribution in [0.15, 0.2) is 24.3 Å². The van der Waals surface area contributed by atoms with Gasteiger partial charge in [-0.2, -0.15) is 0 Å². The first-order valence-electron chi connectivity index (χ1n) is 8.36. The third-order valence-corrected chi connectivity index (χ3v) is 4.56. The fraction of sp³-hybridized carbons (Fsp3) is 0.667. The van der Waals surface area contributed by atoms with E-state index in [0.717, 1.165) is 19.6 Å². The molecule has 1 aromatic rings. The highest BCUT2D eigenvalue weighted by molar-refractivity contribution is 5.27. The van der Waals surface area contributed by atoms with Gasteiger partial charge in [-0.25, -0.2) is 0 Å².